The Bertz CT molecular complexity index is 385. The molecule has 2 N–H and O–H groups in total. The van der Waals surface area contributed by atoms with E-state index in [0.29, 0.717) is 5.88 Å². The van der Waals surface area contributed by atoms with Gasteiger partial charge in [0.15, 0.2) is 12.1 Å². The van der Waals surface area contributed by atoms with Gasteiger partial charge < -0.3 is 19.4 Å². The second-order valence-electron chi connectivity index (χ2n) is 2.94. The first-order valence-electron chi connectivity index (χ1n) is 4.46. The first kappa shape index (κ1) is 9.88. The lowest BCUT2D eigenvalue weighted by molar-refractivity contribution is 0.114. The highest BCUT2D eigenvalue weighted by atomic mass is 16.6. The highest BCUT2D eigenvalue weighted by Crippen LogP contribution is 2.23. The summed E-state index contributed by atoms with van der Waals surface area (Å²) in [5.41, 5.74) is 0. The molecule has 78 valence electrons. The van der Waals surface area contributed by atoms with Crippen LogP contribution < -0.4 is 4.65 Å². The SMILES string of the molecule is OB(O)Oc1cccn1C1C=CC=CO1. The van der Waals surface area contributed by atoms with Crippen molar-refractivity contribution in [1.82, 2.24) is 4.57 Å². The molecule has 0 amide bonds. The third-order valence-corrected chi connectivity index (χ3v) is 1.92. The summed E-state index contributed by atoms with van der Waals surface area (Å²) < 4.78 is 11.7. The molecule has 1 aliphatic rings. The number of rotatable bonds is 3. The molecule has 1 aliphatic heterocycles. The van der Waals surface area contributed by atoms with Crippen molar-refractivity contribution in [2.24, 2.45) is 0 Å². The summed E-state index contributed by atoms with van der Waals surface area (Å²) in [6, 6.07) is 3.35. The molecule has 1 unspecified atom stereocenters. The summed E-state index contributed by atoms with van der Waals surface area (Å²) >= 11 is 0. The maximum absolute atomic E-state index is 8.69. The number of allylic oxidation sites excluding steroid dienone is 2. The Morgan fingerprint density at radius 3 is 2.93 bits per heavy atom. The molecule has 1 aromatic heterocycles. The van der Waals surface area contributed by atoms with E-state index in [9.17, 15) is 0 Å². The van der Waals surface area contributed by atoms with Crippen molar-refractivity contribution in [2.45, 2.75) is 6.23 Å². The lowest BCUT2D eigenvalue weighted by Gasteiger charge is -2.19. The maximum Gasteiger partial charge on any atom is 0.708 e. The van der Waals surface area contributed by atoms with Gasteiger partial charge in [-0.1, -0.05) is 6.08 Å². The number of hydrogen-bond donors (Lipinski definition) is 2. The van der Waals surface area contributed by atoms with Crippen LogP contribution in [0.4, 0.5) is 0 Å². The fraction of sp³-hybridized carbons (Fsp3) is 0.111. The Labute approximate surface area is 87.0 Å². The molecule has 6 heteroatoms. The van der Waals surface area contributed by atoms with Crippen LogP contribution in [0, 0.1) is 0 Å². The van der Waals surface area contributed by atoms with Crippen LogP contribution >= 0.6 is 0 Å². The quantitative estimate of drug-likeness (QED) is 0.705. The first-order valence-corrected chi connectivity index (χ1v) is 4.46. The van der Waals surface area contributed by atoms with E-state index in [-0.39, 0.29) is 6.23 Å². The molecular formula is C9H10BNO4. The zero-order valence-electron chi connectivity index (χ0n) is 7.85. The van der Waals surface area contributed by atoms with Crippen molar-refractivity contribution in [1.29, 1.82) is 0 Å². The van der Waals surface area contributed by atoms with Crippen molar-refractivity contribution in [3.05, 3.63) is 42.8 Å². The normalized spacial score (nSPS) is 18.7. The van der Waals surface area contributed by atoms with Crippen LogP contribution in [0.15, 0.2) is 42.8 Å². The molecular weight excluding hydrogens is 197 g/mol. The molecule has 0 aromatic carbocycles. The standard InChI is InChI=1S/C9H10BNO4/c12-10(13)15-9-5-3-6-11(9)8-4-1-2-7-14-8/h1-8,12-13H. The predicted octanol–water partition coefficient (Wildman–Crippen LogP) is 0.435. The highest BCUT2D eigenvalue weighted by Gasteiger charge is 2.17. The van der Waals surface area contributed by atoms with Crippen molar-refractivity contribution in [3.8, 4) is 5.88 Å². The third kappa shape index (κ3) is 2.23. The summed E-state index contributed by atoms with van der Waals surface area (Å²) in [7, 11) is -1.83. The summed E-state index contributed by atoms with van der Waals surface area (Å²) in [5.74, 6) is 0.329. The number of nitrogens with zero attached hydrogens (tertiary/aromatic N) is 1. The minimum Gasteiger partial charge on any atom is -0.499 e. The highest BCUT2D eigenvalue weighted by molar-refractivity contribution is 6.33. The molecule has 5 nitrogen and oxygen atoms in total. The van der Waals surface area contributed by atoms with E-state index in [1.165, 1.54) is 0 Å². The minimum atomic E-state index is -1.83. The van der Waals surface area contributed by atoms with Crippen molar-refractivity contribution < 1.29 is 19.4 Å². The summed E-state index contributed by atoms with van der Waals surface area (Å²) in [6.45, 7) is 0. The molecule has 2 rings (SSSR count). The average Bonchev–Trinajstić information content (AvgIpc) is 2.66. The van der Waals surface area contributed by atoms with Gasteiger partial charge in [-0.15, -0.1) is 0 Å². The molecule has 0 radical (unpaired) electrons. The van der Waals surface area contributed by atoms with Crippen molar-refractivity contribution in [3.63, 3.8) is 0 Å². The van der Waals surface area contributed by atoms with Crippen LogP contribution in [0.5, 0.6) is 5.88 Å². The zero-order valence-corrected chi connectivity index (χ0v) is 7.85. The van der Waals surface area contributed by atoms with Gasteiger partial charge in [-0.25, -0.2) is 0 Å². The Morgan fingerprint density at radius 1 is 1.40 bits per heavy atom. The van der Waals surface area contributed by atoms with Crippen LogP contribution in [0.1, 0.15) is 6.23 Å². The van der Waals surface area contributed by atoms with E-state index < -0.39 is 7.32 Å². The molecule has 0 saturated heterocycles. The lowest BCUT2D eigenvalue weighted by atomic mass is 10.3. The van der Waals surface area contributed by atoms with Gasteiger partial charge >= 0.3 is 7.32 Å². The van der Waals surface area contributed by atoms with E-state index in [4.69, 9.17) is 19.4 Å². The Balaban J connectivity index is 2.17. The fourth-order valence-electron chi connectivity index (χ4n) is 1.33. The Morgan fingerprint density at radius 2 is 2.27 bits per heavy atom. The van der Waals surface area contributed by atoms with Crippen molar-refractivity contribution >= 4 is 7.32 Å². The fourth-order valence-corrected chi connectivity index (χ4v) is 1.33. The van der Waals surface area contributed by atoms with Gasteiger partial charge in [0, 0.05) is 6.20 Å². The molecule has 0 saturated carbocycles. The van der Waals surface area contributed by atoms with Crippen molar-refractivity contribution in [2.75, 3.05) is 0 Å². The van der Waals surface area contributed by atoms with E-state index in [1.807, 2.05) is 12.2 Å². The summed E-state index contributed by atoms with van der Waals surface area (Å²) in [5, 5.41) is 17.4. The molecule has 2 heterocycles. The predicted molar refractivity (Wildman–Crippen MR) is 53.7 cm³/mol. The second kappa shape index (κ2) is 4.25. The van der Waals surface area contributed by atoms with Gasteiger partial charge in [-0.3, -0.25) is 4.57 Å². The van der Waals surface area contributed by atoms with Crippen LogP contribution in [0.25, 0.3) is 0 Å². The minimum absolute atomic E-state index is 0.321. The van der Waals surface area contributed by atoms with E-state index in [2.05, 4.69) is 0 Å². The van der Waals surface area contributed by atoms with Gasteiger partial charge in [0.05, 0.1) is 6.26 Å². The first-order chi connectivity index (χ1) is 7.27. The molecule has 1 aromatic rings. The summed E-state index contributed by atoms with van der Waals surface area (Å²) in [6.07, 6.45) is 8.39. The Kier molecular flexibility index (Phi) is 2.80. The van der Waals surface area contributed by atoms with E-state index >= 15 is 0 Å². The number of hydrogen-bond acceptors (Lipinski definition) is 4. The zero-order chi connectivity index (χ0) is 10.7. The number of aromatic nitrogens is 1. The molecule has 0 bridgehead atoms. The second-order valence-corrected chi connectivity index (χ2v) is 2.94. The lowest BCUT2D eigenvalue weighted by Crippen LogP contribution is -2.23. The van der Waals surface area contributed by atoms with E-state index in [1.54, 1.807) is 35.2 Å². The molecule has 0 aliphatic carbocycles. The average molecular weight is 207 g/mol. The molecule has 15 heavy (non-hydrogen) atoms. The van der Waals surface area contributed by atoms with Crippen LogP contribution in [0.2, 0.25) is 0 Å². The molecule has 0 fully saturated rings. The van der Waals surface area contributed by atoms with Gasteiger partial charge in [-0.2, -0.15) is 0 Å². The topological polar surface area (TPSA) is 63.8 Å². The van der Waals surface area contributed by atoms with Crippen LogP contribution in [0.3, 0.4) is 0 Å². The van der Waals surface area contributed by atoms with Crippen LogP contribution in [-0.4, -0.2) is 21.9 Å². The molecule has 1 atom stereocenters. The van der Waals surface area contributed by atoms with Gasteiger partial charge in [0.25, 0.3) is 0 Å². The van der Waals surface area contributed by atoms with E-state index in [0.717, 1.165) is 0 Å². The summed E-state index contributed by atoms with van der Waals surface area (Å²) in [4.78, 5) is 0. The van der Waals surface area contributed by atoms with Gasteiger partial charge in [0.1, 0.15) is 0 Å². The molecule has 0 spiro atoms. The monoisotopic (exact) mass is 207 g/mol. The van der Waals surface area contributed by atoms with Gasteiger partial charge in [0.2, 0.25) is 0 Å². The van der Waals surface area contributed by atoms with Gasteiger partial charge in [-0.05, 0) is 24.3 Å². The third-order valence-electron chi connectivity index (χ3n) is 1.92. The smallest absolute Gasteiger partial charge is 0.499 e. The largest absolute Gasteiger partial charge is 0.708 e. The van der Waals surface area contributed by atoms with Crippen LogP contribution in [-0.2, 0) is 4.74 Å². The number of ether oxygens (including phenoxy) is 1. The maximum atomic E-state index is 8.69. The Hall–Kier alpha value is -1.66.